The molecule has 1 saturated heterocycles. The Morgan fingerprint density at radius 3 is 2.85 bits per heavy atom. The van der Waals surface area contributed by atoms with E-state index in [9.17, 15) is 9.59 Å². The van der Waals surface area contributed by atoms with E-state index in [0.717, 1.165) is 35.9 Å². The van der Waals surface area contributed by atoms with E-state index < -0.39 is 11.2 Å². The number of nitriles is 1. The van der Waals surface area contributed by atoms with Gasteiger partial charge in [-0.2, -0.15) is 10.4 Å². The van der Waals surface area contributed by atoms with Crippen LogP contribution in [0.3, 0.4) is 0 Å². The number of rotatable bonds is 9. The molecule has 26 heavy (non-hydrogen) atoms. The minimum Gasteiger partial charge on any atom is -0.494 e. The minimum atomic E-state index is -1.03. The van der Waals surface area contributed by atoms with E-state index in [2.05, 4.69) is 21.6 Å². The van der Waals surface area contributed by atoms with Crippen molar-refractivity contribution in [2.75, 3.05) is 6.61 Å². The fourth-order valence-electron chi connectivity index (χ4n) is 2.04. The number of nitrogens with one attached hydrogen (secondary N) is 1. The maximum absolute atomic E-state index is 11.6. The Bertz CT molecular complexity index is 740. The normalized spacial score (nSPS) is 18.0. The van der Waals surface area contributed by atoms with Crippen LogP contribution < -0.4 is 10.1 Å². The number of carbonyl (C=O) groups excluding carboxylic acids is 1. The summed E-state index contributed by atoms with van der Waals surface area (Å²) in [4.78, 5) is 22.2. The van der Waals surface area contributed by atoms with Gasteiger partial charge in [0, 0.05) is 6.42 Å². The Hall–Kier alpha value is -2.86. The summed E-state index contributed by atoms with van der Waals surface area (Å²) in [6.45, 7) is 0.567. The van der Waals surface area contributed by atoms with Crippen LogP contribution in [0.15, 0.2) is 34.5 Å². The zero-order valence-corrected chi connectivity index (χ0v) is 14.7. The highest BCUT2D eigenvalue weighted by molar-refractivity contribution is 8.15. The molecule has 8 nitrogen and oxygen atoms in total. The third-order valence-corrected chi connectivity index (χ3v) is 4.40. The van der Waals surface area contributed by atoms with Crippen LogP contribution in [0.2, 0.25) is 0 Å². The molecule has 2 rings (SSSR count). The molecule has 0 aromatic heterocycles. The highest BCUT2D eigenvalue weighted by Crippen LogP contribution is 2.22. The summed E-state index contributed by atoms with van der Waals surface area (Å²) in [5.41, 5.74) is 0.808. The van der Waals surface area contributed by atoms with Crippen LogP contribution in [-0.4, -0.2) is 40.2 Å². The first-order valence-electron chi connectivity index (χ1n) is 7.98. The van der Waals surface area contributed by atoms with Gasteiger partial charge in [0.1, 0.15) is 11.0 Å². The number of hydrogen-bond donors (Lipinski definition) is 2. The lowest BCUT2D eigenvalue weighted by Gasteiger charge is -2.05. The number of thioether (sulfide) groups is 1. The van der Waals surface area contributed by atoms with Gasteiger partial charge in [0.15, 0.2) is 5.17 Å². The number of carboxylic acid groups (broad SMARTS) is 1. The number of amides is 1. The molecule has 1 aliphatic rings. The second kappa shape index (κ2) is 10.2. The Kier molecular flexibility index (Phi) is 7.64. The van der Waals surface area contributed by atoms with Crippen molar-refractivity contribution in [3.63, 3.8) is 0 Å². The molecule has 0 saturated carbocycles. The Labute approximate surface area is 154 Å². The molecule has 0 aliphatic carbocycles. The SMILES string of the molecule is N#CCCCCOc1ccc(C=NN=C2NC(=O)C(CC(=O)O)S2)cc1. The molecule has 1 aromatic carbocycles. The second-order valence-corrected chi connectivity index (χ2v) is 6.57. The number of benzene rings is 1. The highest BCUT2D eigenvalue weighted by atomic mass is 32.2. The van der Waals surface area contributed by atoms with Crippen LogP contribution in [0.5, 0.6) is 5.75 Å². The minimum absolute atomic E-state index is 0.253. The van der Waals surface area contributed by atoms with Crippen LogP contribution in [0.1, 0.15) is 31.2 Å². The number of carboxylic acids is 1. The van der Waals surface area contributed by atoms with Crippen LogP contribution in [0.4, 0.5) is 0 Å². The van der Waals surface area contributed by atoms with Crippen molar-refractivity contribution >= 4 is 35.0 Å². The molecule has 2 N–H and O–H groups in total. The molecule has 1 fully saturated rings. The predicted molar refractivity (Wildman–Crippen MR) is 98.2 cm³/mol. The number of aliphatic carboxylic acids is 1. The molecule has 0 spiro atoms. The summed E-state index contributed by atoms with van der Waals surface area (Å²) < 4.78 is 5.57. The quantitative estimate of drug-likeness (QED) is 0.388. The topological polar surface area (TPSA) is 124 Å². The first kappa shape index (κ1) is 19.5. The van der Waals surface area contributed by atoms with Gasteiger partial charge in [-0.05, 0) is 42.7 Å². The summed E-state index contributed by atoms with van der Waals surface area (Å²) in [5.74, 6) is -0.669. The average Bonchev–Trinajstić information content (AvgIpc) is 2.95. The fourth-order valence-corrected chi connectivity index (χ4v) is 2.95. The van der Waals surface area contributed by atoms with Crippen molar-refractivity contribution in [1.29, 1.82) is 5.26 Å². The van der Waals surface area contributed by atoms with Gasteiger partial charge in [0.2, 0.25) is 5.91 Å². The number of amidine groups is 1. The van der Waals surface area contributed by atoms with E-state index in [4.69, 9.17) is 15.1 Å². The smallest absolute Gasteiger partial charge is 0.305 e. The number of unbranched alkanes of at least 4 members (excludes halogenated alkanes) is 2. The number of hydrogen-bond acceptors (Lipinski definition) is 7. The molecule has 136 valence electrons. The molecule has 1 unspecified atom stereocenters. The van der Waals surface area contributed by atoms with E-state index >= 15 is 0 Å². The van der Waals surface area contributed by atoms with Crippen LogP contribution in [0.25, 0.3) is 0 Å². The fraction of sp³-hybridized carbons (Fsp3) is 0.353. The predicted octanol–water partition coefficient (Wildman–Crippen LogP) is 2.16. The summed E-state index contributed by atoms with van der Waals surface area (Å²) in [6, 6.07) is 9.36. The zero-order chi connectivity index (χ0) is 18.8. The van der Waals surface area contributed by atoms with E-state index in [-0.39, 0.29) is 17.5 Å². The van der Waals surface area contributed by atoms with Gasteiger partial charge in [0.05, 0.1) is 25.3 Å². The van der Waals surface area contributed by atoms with Crippen LogP contribution in [0, 0.1) is 11.3 Å². The summed E-state index contributed by atoms with van der Waals surface area (Å²) in [6.07, 6.45) is 3.47. The first-order chi connectivity index (χ1) is 12.6. The van der Waals surface area contributed by atoms with Gasteiger partial charge >= 0.3 is 5.97 Å². The molecule has 9 heteroatoms. The highest BCUT2D eigenvalue weighted by Gasteiger charge is 2.32. The molecule has 1 aliphatic heterocycles. The van der Waals surface area contributed by atoms with Gasteiger partial charge < -0.3 is 15.2 Å². The third kappa shape index (κ3) is 6.57. The molecule has 1 atom stereocenters. The molecule has 1 amide bonds. The van der Waals surface area contributed by atoms with Gasteiger partial charge in [0.25, 0.3) is 0 Å². The lowest BCUT2D eigenvalue weighted by Crippen LogP contribution is -2.26. The number of ether oxygens (including phenoxy) is 1. The maximum atomic E-state index is 11.6. The lowest BCUT2D eigenvalue weighted by molar-refractivity contribution is -0.138. The average molecular weight is 374 g/mol. The van der Waals surface area contributed by atoms with E-state index in [0.29, 0.717) is 13.0 Å². The van der Waals surface area contributed by atoms with Gasteiger partial charge in [-0.25, -0.2) is 0 Å². The summed E-state index contributed by atoms with van der Waals surface area (Å²) in [5, 5.41) is 27.1. The first-order valence-corrected chi connectivity index (χ1v) is 8.86. The van der Waals surface area contributed by atoms with E-state index in [1.54, 1.807) is 0 Å². The Morgan fingerprint density at radius 2 is 2.15 bits per heavy atom. The standard InChI is InChI=1S/C17H18N4O4S/c18-8-2-1-3-9-25-13-6-4-12(5-7-13)11-19-21-17-20-16(24)14(26-17)10-15(22)23/h4-7,11,14H,1-3,9-10H2,(H,22,23)(H,20,21,24). The van der Waals surface area contributed by atoms with Crippen molar-refractivity contribution < 1.29 is 19.4 Å². The third-order valence-electron chi connectivity index (χ3n) is 3.32. The monoisotopic (exact) mass is 374 g/mol. The molecular weight excluding hydrogens is 356 g/mol. The molecule has 0 radical (unpaired) electrons. The number of carbonyl (C=O) groups is 2. The van der Waals surface area contributed by atoms with Crippen molar-refractivity contribution in [3.8, 4) is 11.8 Å². The van der Waals surface area contributed by atoms with Crippen LogP contribution >= 0.6 is 11.8 Å². The molecule has 1 aromatic rings. The second-order valence-electron chi connectivity index (χ2n) is 5.38. The van der Waals surface area contributed by atoms with Gasteiger partial charge in [-0.15, -0.1) is 5.10 Å². The Balaban J connectivity index is 1.80. The van der Waals surface area contributed by atoms with Gasteiger partial charge in [-0.1, -0.05) is 11.8 Å². The molecule has 0 bridgehead atoms. The van der Waals surface area contributed by atoms with Crippen molar-refractivity contribution in [1.82, 2.24) is 5.32 Å². The molecular formula is C17H18N4O4S. The summed E-state index contributed by atoms with van der Waals surface area (Å²) >= 11 is 1.05. The largest absolute Gasteiger partial charge is 0.494 e. The van der Waals surface area contributed by atoms with Gasteiger partial charge in [-0.3, -0.25) is 9.59 Å². The number of nitrogens with zero attached hydrogens (tertiary/aromatic N) is 3. The zero-order valence-electron chi connectivity index (χ0n) is 13.9. The lowest BCUT2D eigenvalue weighted by atomic mass is 10.2. The Morgan fingerprint density at radius 1 is 1.38 bits per heavy atom. The maximum Gasteiger partial charge on any atom is 0.305 e. The van der Waals surface area contributed by atoms with E-state index in [1.807, 2.05) is 24.3 Å². The van der Waals surface area contributed by atoms with Crippen molar-refractivity contribution in [2.45, 2.75) is 30.9 Å². The summed E-state index contributed by atoms with van der Waals surface area (Å²) in [7, 11) is 0. The van der Waals surface area contributed by atoms with Crippen molar-refractivity contribution in [2.24, 2.45) is 10.2 Å². The van der Waals surface area contributed by atoms with Crippen molar-refractivity contribution in [3.05, 3.63) is 29.8 Å². The molecule has 1 heterocycles. The van der Waals surface area contributed by atoms with Crippen LogP contribution in [-0.2, 0) is 9.59 Å². The van der Waals surface area contributed by atoms with E-state index in [1.165, 1.54) is 6.21 Å².